The number of hydrogen-bond acceptors (Lipinski definition) is 9. The van der Waals surface area contributed by atoms with Crippen LogP contribution in [-0.2, 0) is 26.3 Å². The van der Waals surface area contributed by atoms with E-state index in [1.165, 1.54) is 34.2 Å². The Morgan fingerprint density at radius 2 is 0.922 bits per heavy atom. The quantitative estimate of drug-likeness (QED) is 0.104. The van der Waals surface area contributed by atoms with Crippen molar-refractivity contribution in [2.45, 2.75) is 6.18 Å². The summed E-state index contributed by atoms with van der Waals surface area (Å²) in [5.74, 6) is 0. The van der Waals surface area contributed by atoms with Crippen LogP contribution in [-0.4, -0.2) is 30.6 Å². The van der Waals surface area contributed by atoms with Crippen molar-refractivity contribution in [1.29, 1.82) is 0 Å². The first-order valence-electron chi connectivity index (χ1n) is 19.3. The smallest absolute Gasteiger partial charge is 0.277 e. The molecule has 0 aliphatic carbocycles. The van der Waals surface area contributed by atoms with Gasteiger partial charge in [0.2, 0.25) is 0 Å². The van der Waals surface area contributed by atoms with Crippen LogP contribution in [0.25, 0.3) is 96.3 Å². The van der Waals surface area contributed by atoms with E-state index in [1.807, 2.05) is 66.0 Å². The minimum atomic E-state index is -4.37. The minimum absolute atomic E-state index is 0. The van der Waals surface area contributed by atoms with Crippen molar-refractivity contribution in [3.63, 3.8) is 0 Å². The molecule has 11 aromatic rings. The fraction of sp³-hybridized carbons (Fsp3) is 0.0196. The standard InChI is InChI=1S/C23H12F3N2S.2C14H9N2S.Ir/c24-23(25,26)17-9-7-14(8-10-17)21-18-12-15-4-1-2-5-16(15)13-19(18)22(28-27-21)20-6-3-11-29-20;2*1-9(17)14-13-7-11-5-3-2-4-10(11)6-12(13)8-15-16-14;/h1-5,7-13H;2*1-8,17H;/q3*-1;+3. The number of hydrogen-bond donors (Lipinski definition) is 2. The van der Waals surface area contributed by atoms with E-state index in [0.717, 1.165) is 76.6 Å². The minimum Gasteiger partial charge on any atom is -0.277 e. The van der Waals surface area contributed by atoms with Gasteiger partial charge in [-0.05, 0) is 90.2 Å². The van der Waals surface area contributed by atoms with Crippen LogP contribution in [0.4, 0.5) is 13.2 Å². The van der Waals surface area contributed by atoms with Crippen molar-refractivity contribution in [1.82, 2.24) is 30.6 Å². The molecule has 0 saturated heterocycles. The van der Waals surface area contributed by atoms with Gasteiger partial charge in [-0.1, -0.05) is 119 Å². The first-order chi connectivity index (χ1) is 30.5. The molecule has 0 atom stereocenters. The molecule has 11 rings (SSSR count). The fourth-order valence-electron chi connectivity index (χ4n) is 7.33. The van der Waals surface area contributed by atoms with Gasteiger partial charge in [-0.25, -0.2) is 26.6 Å². The summed E-state index contributed by atoms with van der Waals surface area (Å²) < 4.78 is 38.8. The third-order valence-electron chi connectivity index (χ3n) is 10.4. The zero-order valence-electron chi connectivity index (χ0n) is 33.1. The van der Waals surface area contributed by atoms with E-state index in [1.54, 1.807) is 12.4 Å². The Morgan fingerprint density at radius 3 is 1.33 bits per heavy atom. The van der Waals surface area contributed by atoms with Crippen LogP contribution in [0.5, 0.6) is 0 Å². The number of halogens is 3. The van der Waals surface area contributed by atoms with E-state index in [9.17, 15) is 13.2 Å². The molecule has 312 valence electrons. The second kappa shape index (κ2) is 18.8. The maximum absolute atomic E-state index is 12.9. The Bertz CT molecular complexity index is 3400. The molecule has 0 spiro atoms. The van der Waals surface area contributed by atoms with E-state index in [4.69, 9.17) is 13.2 Å². The first kappa shape index (κ1) is 44.3. The molecule has 6 nitrogen and oxygen atoms in total. The Morgan fingerprint density at radius 1 is 0.516 bits per heavy atom. The summed E-state index contributed by atoms with van der Waals surface area (Å²) in [6.45, 7) is 11.4. The number of nitrogens with zero attached hydrogens (tertiary/aromatic N) is 6. The molecule has 0 radical (unpaired) electrons. The molecule has 0 aliphatic heterocycles. The Hall–Kier alpha value is -6.34. The summed E-state index contributed by atoms with van der Waals surface area (Å²) in [7, 11) is 0. The molecule has 64 heavy (non-hydrogen) atoms. The van der Waals surface area contributed by atoms with E-state index >= 15 is 0 Å². The molecule has 7 aromatic carbocycles. The van der Waals surface area contributed by atoms with Crippen molar-refractivity contribution in [2.24, 2.45) is 0 Å². The van der Waals surface area contributed by atoms with Gasteiger partial charge in [0.25, 0.3) is 0 Å². The van der Waals surface area contributed by atoms with Gasteiger partial charge in [-0.3, -0.25) is 13.2 Å². The number of aromatic nitrogens is 6. The van der Waals surface area contributed by atoms with E-state index in [-0.39, 0.29) is 20.1 Å². The molecule has 13 heteroatoms. The zero-order chi connectivity index (χ0) is 43.7. The largest absolute Gasteiger partial charge is 3.00 e. The van der Waals surface area contributed by atoms with Gasteiger partial charge in [0, 0.05) is 16.6 Å². The average Bonchev–Trinajstić information content (AvgIpc) is 3.84. The van der Waals surface area contributed by atoms with Crippen molar-refractivity contribution < 1.29 is 33.3 Å². The van der Waals surface area contributed by atoms with Crippen LogP contribution in [0, 0.1) is 19.2 Å². The zero-order valence-corrected chi connectivity index (χ0v) is 38.1. The van der Waals surface area contributed by atoms with Gasteiger partial charge in [0.15, 0.2) is 0 Å². The SMILES string of the molecule is FC(F)(F)c1ccc(-c2nnc(-c3[c-]ccs3)c3cc4ccccc4cc23)cc1.[CH-]=C(S)c1nncc2cc3ccccc3cc12.[CH-]=C(S)c1nncc2cc3ccccc3cc12.[Ir+3]. The van der Waals surface area contributed by atoms with E-state index in [2.05, 4.69) is 117 Å². The number of alkyl halides is 3. The second-order valence-corrected chi connectivity index (χ2v) is 16.2. The summed E-state index contributed by atoms with van der Waals surface area (Å²) in [5.41, 5.74) is 2.45. The normalized spacial score (nSPS) is 11.2. The first-order valence-corrected chi connectivity index (χ1v) is 21.0. The number of thiol groups is 2. The number of rotatable bonds is 4. The second-order valence-electron chi connectivity index (χ2n) is 14.3. The Kier molecular flexibility index (Phi) is 13.0. The van der Waals surface area contributed by atoms with Crippen LogP contribution in [0.2, 0.25) is 0 Å². The molecule has 0 bridgehead atoms. The average molecular weight is 1070 g/mol. The maximum Gasteiger partial charge on any atom is 3.00 e. The third kappa shape index (κ3) is 9.17. The third-order valence-corrected chi connectivity index (χ3v) is 11.6. The van der Waals surface area contributed by atoms with Gasteiger partial charge >= 0.3 is 26.3 Å². The fourth-order valence-corrected chi connectivity index (χ4v) is 8.33. The molecule has 0 fully saturated rings. The van der Waals surface area contributed by atoms with Crippen molar-refractivity contribution in [2.75, 3.05) is 0 Å². The Balaban J connectivity index is 0.000000138. The van der Waals surface area contributed by atoms with Gasteiger partial charge in [-0.15, -0.1) is 15.2 Å². The van der Waals surface area contributed by atoms with E-state index in [0.29, 0.717) is 32.5 Å². The summed E-state index contributed by atoms with van der Waals surface area (Å²) in [5, 5.41) is 39.1. The predicted molar refractivity (Wildman–Crippen MR) is 257 cm³/mol. The van der Waals surface area contributed by atoms with Gasteiger partial charge in [-0.2, -0.15) is 65.9 Å². The topological polar surface area (TPSA) is 77.3 Å². The van der Waals surface area contributed by atoms with Crippen LogP contribution in [0.3, 0.4) is 0 Å². The summed E-state index contributed by atoms with van der Waals surface area (Å²) in [4.78, 5) is 1.65. The molecular weight excluding hydrogens is 1040 g/mol. The molecule has 0 amide bonds. The predicted octanol–water partition coefficient (Wildman–Crippen LogP) is 14.0. The van der Waals surface area contributed by atoms with Crippen molar-refractivity contribution in [3.05, 3.63) is 193 Å². The van der Waals surface area contributed by atoms with Crippen LogP contribution in [0.1, 0.15) is 17.0 Å². The van der Waals surface area contributed by atoms with Gasteiger partial charge < -0.3 is 0 Å². The molecule has 4 aromatic heterocycles. The summed E-state index contributed by atoms with van der Waals surface area (Å²) in [6.07, 6.45) is -0.897. The number of fused-ring (bicyclic) bond motifs is 6. The maximum atomic E-state index is 12.9. The van der Waals surface area contributed by atoms with Crippen molar-refractivity contribution >= 4 is 111 Å². The molecular formula is C51H30F3IrN6S3. The number of thiophene rings is 1. The molecule has 0 unspecified atom stereocenters. The van der Waals surface area contributed by atoms with E-state index < -0.39 is 11.7 Å². The molecule has 4 heterocycles. The monoisotopic (exact) mass is 1070 g/mol. The summed E-state index contributed by atoms with van der Waals surface area (Å²) in [6, 6.07) is 46.7. The molecule has 0 aliphatic rings. The van der Waals surface area contributed by atoms with Gasteiger partial charge in [0.1, 0.15) is 0 Å². The van der Waals surface area contributed by atoms with Crippen LogP contribution >= 0.6 is 36.6 Å². The number of benzene rings is 7. The van der Waals surface area contributed by atoms with Crippen molar-refractivity contribution in [3.8, 4) is 21.8 Å². The van der Waals surface area contributed by atoms with Gasteiger partial charge in [0.05, 0.1) is 23.7 Å². The molecule has 0 saturated carbocycles. The summed E-state index contributed by atoms with van der Waals surface area (Å²) >= 11 is 9.82. The molecule has 0 N–H and O–H groups in total. The Labute approximate surface area is 393 Å². The van der Waals surface area contributed by atoms with Crippen LogP contribution < -0.4 is 0 Å². The van der Waals surface area contributed by atoms with Crippen LogP contribution in [0.15, 0.2) is 157 Å².